The summed E-state index contributed by atoms with van der Waals surface area (Å²) in [5.41, 5.74) is 0.669. The van der Waals surface area contributed by atoms with Gasteiger partial charge in [-0.15, -0.1) is 0 Å². The molecule has 0 spiro atoms. The van der Waals surface area contributed by atoms with E-state index in [-0.39, 0.29) is 25.0 Å². The molecule has 168 valence electrons. The summed E-state index contributed by atoms with van der Waals surface area (Å²) in [7, 11) is 0. The minimum absolute atomic E-state index is 0.0834. The number of nitrogens with one attached hydrogen (secondary N) is 1. The number of ether oxygens (including phenoxy) is 4. The summed E-state index contributed by atoms with van der Waals surface area (Å²) in [4.78, 5) is 29.1. The molecule has 2 amide bonds. The van der Waals surface area contributed by atoms with Gasteiger partial charge in [-0.2, -0.15) is 0 Å². The van der Waals surface area contributed by atoms with E-state index in [0.29, 0.717) is 68.1 Å². The van der Waals surface area contributed by atoms with Gasteiger partial charge in [-0.1, -0.05) is 12.1 Å². The Morgan fingerprint density at radius 3 is 2.41 bits per heavy atom. The molecule has 9 nitrogen and oxygen atoms in total. The Bertz CT molecular complexity index is 1000. The van der Waals surface area contributed by atoms with Crippen molar-refractivity contribution < 1.29 is 28.5 Å². The van der Waals surface area contributed by atoms with E-state index in [1.807, 2.05) is 23.1 Å². The molecule has 0 radical (unpaired) electrons. The zero-order valence-electron chi connectivity index (χ0n) is 17.6. The Hall–Kier alpha value is -3.46. The van der Waals surface area contributed by atoms with Crippen LogP contribution in [-0.2, 0) is 9.59 Å². The van der Waals surface area contributed by atoms with Crippen molar-refractivity contribution in [1.82, 2.24) is 9.80 Å². The topological polar surface area (TPSA) is 89.6 Å². The Morgan fingerprint density at radius 1 is 0.875 bits per heavy atom. The lowest BCUT2D eigenvalue weighted by Gasteiger charge is -2.36. The maximum atomic E-state index is 12.9. The number of carbonyl (C=O) groups excluding carboxylic acids is 2. The van der Waals surface area contributed by atoms with E-state index in [0.717, 1.165) is 0 Å². The Balaban J connectivity index is 1.09. The molecule has 0 aliphatic carbocycles. The molecule has 3 aliphatic heterocycles. The van der Waals surface area contributed by atoms with Crippen molar-refractivity contribution in [2.45, 2.75) is 6.10 Å². The van der Waals surface area contributed by atoms with Gasteiger partial charge in [-0.25, -0.2) is 0 Å². The molecule has 0 aromatic heterocycles. The average molecular weight is 439 g/mol. The summed E-state index contributed by atoms with van der Waals surface area (Å²) in [5.74, 6) is 2.38. The first kappa shape index (κ1) is 20.4. The van der Waals surface area contributed by atoms with Crippen molar-refractivity contribution in [1.29, 1.82) is 0 Å². The van der Waals surface area contributed by atoms with Gasteiger partial charge in [0.15, 0.2) is 23.0 Å². The first-order chi connectivity index (χ1) is 15.7. The molecule has 0 unspecified atom stereocenters. The fourth-order valence-corrected chi connectivity index (χ4v) is 4.00. The van der Waals surface area contributed by atoms with Crippen molar-refractivity contribution in [3.63, 3.8) is 0 Å². The molecule has 1 N–H and O–H groups in total. The van der Waals surface area contributed by atoms with Gasteiger partial charge in [0.25, 0.3) is 5.91 Å². The highest BCUT2D eigenvalue weighted by atomic mass is 16.6. The number of amides is 2. The summed E-state index contributed by atoms with van der Waals surface area (Å²) in [6.45, 7) is 3.80. The van der Waals surface area contributed by atoms with Crippen LogP contribution in [0.5, 0.6) is 23.0 Å². The highest BCUT2D eigenvalue weighted by Gasteiger charge is 2.33. The summed E-state index contributed by atoms with van der Waals surface area (Å²) < 4.78 is 22.5. The number of rotatable bonds is 4. The van der Waals surface area contributed by atoms with Gasteiger partial charge in [0.05, 0.1) is 6.54 Å². The largest absolute Gasteiger partial charge is 0.486 e. The minimum atomic E-state index is -0.644. The van der Waals surface area contributed by atoms with Gasteiger partial charge < -0.3 is 29.2 Å². The zero-order valence-corrected chi connectivity index (χ0v) is 17.6. The fraction of sp³-hybridized carbons (Fsp3) is 0.391. The second-order valence-electron chi connectivity index (χ2n) is 7.87. The third-order valence-corrected chi connectivity index (χ3v) is 5.66. The molecule has 2 aromatic carbocycles. The number of carbonyl (C=O) groups is 2. The number of hydrogen-bond donors (Lipinski definition) is 1. The summed E-state index contributed by atoms with van der Waals surface area (Å²) in [6.07, 6.45) is -0.644. The smallest absolute Gasteiger partial charge is 0.267 e. The SMILES string of the molecule is O=C(CN1CCN(C(=O)[C@H]2COc3ccccc3O2)CC1)Nc1ccc2c(c1)OCCO2. The zero-order chi connectivity index (χ0) is 21.9. The van der Waals surface area contributed by atoms with E-state index in [1.54, 1.807) is 29.2 Å². The van der Waals surface area contributed by atoms with Gasteiger partial charge in [0, 0.05) is 37.9 Å². The van der Waals surface area contributed by atoms with Gasteiger partial charge in [0.2, 0.25) is 12.0 Å². The Kier molecular flexibility index (Phi) is 5.72. The van der Waals surface area contributed by atoms with Crippen molar-refractivity contribution in [3.8, 4) is 23.0 Å². The summed E-state index contributed by atoms with van der Waals surface area (Å²) in [5, 5.41) is 2.90. The minimum Gasteiger partial charge on any atom is -0.486 e. The van der Waals surface area contributed by atoms with E-state index in [2.05, 4.69) is 5.32 Å². The lowest BCUT2D eigenvalue weighted by molar-refractivity contribution is -0.143. The van der Waals surface area contributed by atoms with Gasteiger partial charge in [-0.05, 0) is 24.3 Å². The number of fused-ring (bicyclic) bond motifs is 2. The van der Waals surface area contributed by atoms with Crippen LogP contribution in [0.3, 0.4) is 0 Å². The molecule has 32 heavy (non-hydrogen) atoms. The van der Waals surface area contributed by atoms with Crippen molar-refractivity contribution in [2.24, 2.45) is 0 Å². The Labute approximate surface area is 185 Å². The number of anilines is 1. The van der Waals surface area contributed by atoms with Crippen molar-refractivity contribution in [2.75, 3.05) is 57.9 Å². The van der Waals surface area contributed by atoms with Crippen LogP contribution in [0.25, 0.3) is 0 Å². The van der Waals surface area contributed by atoms with Crippen LogP contribution in [0.1, 0.15) is 0 Å². The van der Waals surface area contributed by atoms with E-state index in [4.69, 9.17) is 18.9 Å². The second kappa shape index (κ2) is 8.96. The maximum absolute atomic E-state index is 12.9. The van der Waals surface area contributed by atoms with E-state index < -0.39 is 6.10 Å². The molecule has 1 atom stereocenters. The molecule has 0 bridgehead atoms. The normalized spacial score (nSPS) is 19.9. The predicted octanol–water partition coefficient (Wildman–Crippen LogP) is 1.38. The molecular formula is C23H25N3O6. The monoisotopic (exact) mass is 439 g/mol. The van der Waals surface area contributed by atoms with E-state index in [9.17, 15) is 9.59 Å². The van der Waals surface area contributed by atoms with Gasteiger partial charge in [0.1, 0.15) is 19.8 Å². The van der Waals surface area contributed by atoms with E-state index in [1.165, 1.54) is 0 Å². The quantitative estimate of drug-likeness (QED) is 0.770. The number of benzene rings is 2. The lowest BCUT2D eigenvalue weighted by atomic mass is 10.2. The third kappa shape index (κ3) is 4.43. The first-order valence-corrected chi connectivity index (χ1v) is 10.7. The molecule has 1 saturated heterocycles. The third-order valence-electron chi connectivity index (χ3n) is 5.66. The standard InChI is InChI=1S/C23H25N3O6/c27-22(24-16-5-6-18-20(13-16)30-12-11-29-18)14-25-7-9-26(10-8-25)23(28)21-15-31-17-3-1-2-4-19(17)32-21/h1-6,13,21H,7-12,14-15H2,(H,24,27)/t21-/m1/s1. The first-order valence-electron chi connectivity index (χ1n) is 10.7. The van der Waals surface area contributed by atoms with Crippen LogP contribution in [0.15, 0.2) is 42.5 Å². The molecule has 9 heteroatoms. The molecule has 0 saturated carbocycles. The summed E-state index contributed by atoms with van der Waals surface area (Å²) >= 11 is 0. The molecule has 3 aliphatic rings. The van der Waals surface area contributed by atoms with Crippen LogP contribution in [0.2, 0.25) is 0 Å². The van der Waals surface area contributed by atoms with Crippen LogP contribution in [-0.4, -0.2) is 80.3 Å². The second-order valence-corrected chi connectivity index (χ2v) is 7.87. The fourth-order valence-electron chi connectivity index (χ4n) is 4.00. The molecule has 1 fully saturated rings. The lowest BCUT2D eigenvalue weighted by Crippen LogP contribution is -2.54. The highest BCUT2D eigenvalue weighted by Crippen LogP contribution is 2.33. The number of hydrogen-bond acceptors (Lipinski definition) is 7. The molecule has 2 aromatic rings. The van der Waals surface area contributed by atoms with Gasteiger partial charge in [-0.3, -0.25) is 14.5 Å². The molecular weight excluding hydrogens is 414 g/mol. The van der Waals surface area contributed by atoms with Crippen LogP contribution in [0, 0.1) is 0 Å². The van der Waals surface area contributed by atoms with Crippen molar-refractivity contribution in [3.05, 3.63) is 42.5 Å². The predicted molar refractivity (Wildman–Crippen MR) is 115 cm³/mol. The van der Waals surface area contributed by atoms with Gasteiger partial charge >= 0.3 is 0 Å². The highest BCUT2D eigenvalue weighted by molar-refractivity contribution is 5.92. The van der Waals surface area contributed by atoms with E-state index >= 15 is 0 Å². The van der Waals surface area contributed by atoms with Crippen molar-refractivity contribution >= 4 is 17.5 Å². The Morgan fingerprint density at radius 2 is 1.59 bits per heavy atom. The van der Waals surface area contributed by atoms with Crippen LogP contribution in [0.4, 0.5) is 5.69 Å². The maximum Gasteiger partial charge on any atom is 0.267 e. The van der Waals surface area contributed by atoms with Crippen LogP contribution < -0.4 is 24.3 Å². The molecule has 5 rings (SSSR count). The number of piperazine rings is 1. The number of nitrogens with zero attached hydrogens (tertiary/aromatic N) is 2. The van der Waals surface area contributed by atoms with Crippen LogP contribution >= 0.6 is 0 Å². The number of para-hydroxylation sites is 2. The average Bonchev–Trinajstić information content (AvgIpc) is 2.83. The summed E-state index contributed by atoms with van der Waals surface area (Å²) in [6, 6.07) is 12.7. The molecule has 3 heterocycles.